The van der Waals surface area contributed by atoms with Crippen molar-refractivity contribution in [1.82, 2.24) is 19.2 Å². The van der Waals surface area contributed by atoms with E-state index in [0.717, 1.165) is 38.2 Å². The number of thiocarbonyl (C=S) groups is 1. The summed E-state index contributed by atoms with van der Waals surface area (Å²) in [6.45, 7) is 7.89. The molecule has 2 aromatic heterocycles. The van der Waals surface area contributed by atoms with E-state index in [1.54, 1.807) is 21.6 Å². The van der Waals surface area contributed by atoms with E-state index in [1.807, 2.05) is 26.0 Å². The molecule has 0 atom stereocenters. The molecule has 0 unspecified atom stereocenters. The van der Waals surface area contributed by atoms with Crippen molar-refractivity contribution < 1.29 is 4.79 Å². The Morgan fingerprint density at radius 1 is 1.20 bits per heavy atom. The number of fused-ring (bicyclic) bond motifs is 1. The van der Waals surface area contributed by atoms with Crippen LogP contribution < -0.4 is 10.5 Å². The monoisotopic (exact) mass is 443 g/mol. The van der Waals surface area contributed by atoms with Gasteiger partial charge in [0.05, 0.1) is 10.5 Å². The first-order valence-corrected chi connectivity index (χ1v) is 11.3. The lowest BCUT2D eigenvalue weighted by molar-refractivity contribution is -0.122. The van der Waals surface area contributed by atoms with Crippen LogP contribution in [0.3, 0.4) is 0 Å². The minimum absolute atomic E-state index is 0.134. The number of rotatable bonds is 4. The van der Waals surface area contributed by atoms with Crippen molar-refractivity contribution in [3.05, 3.63) is 44.7 Å². The number of anilines is 1. The lowest BCUT2D eigenvalue weighted by atomic mass is 10.2. The van der Waals surface area contributed by atoms with Crippen LogP contribution in [0.1, 0.15) is 24.5 Å². The molecule has 4 heterocycles. The van der Waals surface area contributed by atoms with Gasteiger partial charge in [0, 0.05) is 38.9 Å². The smallest absolute Gasteiger partial charge is 0.267 e. The Morgan fingerprint density at radius 2 is 1.93 bits per heavy atom. The molecule has 0 N–H and O–H groups in total. The number of pyridine rings is 1. The molecule has 0 saturated carbocycles. The summed E-state index contributed by atoms with van der Waals surface area (Å²) >= 11 is 6.64. The second-order valence-electron chi connectivity index (χ2n) is 7.71. The Bertz CT molecular complexity index is 1100. The van der Waals surface area contributed by atoms with Gasteiger partial charge in [-0.25, -0.2) is 4.98 Å². The third kappa shape index (κ3) is 3.89. The molecule has 1 amide bonds. The molecule has 0 bridgehead atoms. The van der Waals surface area contributed by atoms with E-state index < -0.39 is 0 Å². The Labute approximate surface area is 185 Å². The number of aryl methyl sites for hydroxylation is 1. The molecule has 2 aliphatic heterocycles. The van der Waals surface area contributed by atoms with E-state index in [4.69, 9.17) is 17.2 Å². The van der Waals surface area contributed by atoms with Crippen molar-refractivity contribution in [1.29, 1.82) is 0 Å². The van der Waals surface area contributed by atoms with Gasteiger partial charge in [-0.2, -0.15) is 0 Å². The van der Waals surface area contributed by atoms with Crippen LogP contribution in [0.4, 0.5) is 5.82 Å². The molecule has 2 saturated heterocycles. The number of likely N-dealkylation sites (N-methyl/N-ethyl adjacent to an activating group) is 1. The van der Waals surface area contributed by atoms with E-state index in [1.165, 1.54) is 11.8 Å². The van der Waals surface area contributed by atoms with Gasteiger partial charge < -0.3 is 9.80 Å². The molecule has 0 spiro atoms. The van der Waals surface area contributed by atoms with Crippen LogP contribution in [-0.2, 0) is 4.79 Å². The highest BCUT2D eigenvalue weighted by atomic mass is 32.2. The molecule has 30 heavy (non-hydrogen) atoms. The Hall–Kier alpha value is -2.23. The van der Waals surface area contributed by atoms with E-state index in [2.05, 4.69) is 16.8 Å². The van der Waals surface area contributed by atoms with Gasteiger partial charge >= 0.3 is 0 Å². The highest BCUT2D eigenvalue weighted by Crippen LogP contribution is 2.33. The van der Waals surface area contributed by atoms with Crippen LogP contribution in [0.15, 0.2) is 28.0 Å². The summed E-state index contributed by atoms with van der Waals surface area (Å²) in [4.78, 5) is 37.6. The lowest BCUT2D eigenvalue weighted by Gasteiger charge is -2.34. The summed E-state index contributed by atoms with van der Waals surface area (Å²) in [6.07, 6.45) is 4.30. The largest absolute Gasteiger partial charge is 0.353 e. The average molecular weight is 444 g/mol. The zero-order valence-electron chi connectivity index (χ0n) is 17.4. The summed E-state index contributed by atoms with van der Waals surface area (Å²) in [5.41, 5.74) is 1.85. The van der Waals surface area contributed by atoms with Crippen LogP contribution in [-0.4, -0.2) is 69.2 Å². The highest BCUT2D eigenvalue weighted by Gasteiger charge is 2.32. The zero-order chi connectivity index (χ0) is 21.4. The number of carbonyl (C=O) groups excluding carboxylic acids is 1. The first kappa shape index (κ1) is 21.0. The fraction of sp³-hybridized carbons (Fsp3) is 0.429. The zero-order valence-corrected chi connectivity index (χ0v) is 19.1. The van der Waals surface area contributed by atoms with E-state index >= 15 is 0 Å². The van der Waals surface area contributed by atoms with Crippen molar-refractivity contribution in [3.8, 4) is 0 Å². The summed E-state index contributed by atoms with van der Waals surface area (Å²) in [5.74, 6) is 0.502. The van der Waals surface area contributed by atoms with Crippen LogP contribution in [0, 0.1) is 6.92 Å². The summed E-state index contributed by atoms with van der Waals surface area (Å²) < 4.78 is 2.10. The predicted molar refractivity (Wildman–Crippen MR) is 126 cm³/mol. The van der Waals surface area contributed by atoms with Crippen LogP contribution >= 0.6 is 24.0 Å². The molecule has 158 valence electrons. The van der Waals surface area contributed by atoms with Gasteiger partial charge in [-0.15, -0.1) is 0 Å². The summed E-state index contributed by atoms with van der Waals surface area (Å²) in [6, 6.07) is 3.81. The summed E-state index contributed by atoms with van der Waals surface area (Å²) in [5, 5.41) is 0. The molecule has 0 radical (unpaired) electrons. The van der Waals surface area contributed by atoms with Gasteiger partial charge in [0.1, 0.15) is 15.8 Å². The number of piperazine rings is 1. The van der Waals surface area contributed by atoms with Crippen LogP contribution in [0.2, 0.25) is 0 Å². The summed E-state index contributed by atoms with van der Waals surface area (Å²) in [7, 11) is 2.09. The third-order valence-corrected chi connectivity index (χ3v) is 6.76. The van der Waals surface area contributed by atoms with Gasteiger partial charge in [-0.05, 0) is 38.1 Å². The SMILES string of the molecule is CCCN1C(=O)/C(=C/c2c(N3CCN(C)CC3)nc3ccc(C)cn3c2=O)SC1=S. The van der Waals surface area contributed by atoms with Crippen molar-refractivity contribution in [2.75, 3.05) is 44.7 Å². The quantitative estimate of drug-likeness (QED) is 0.531. The Kier molecular flexibility index (Phi) is 5.95. The van der Waals surface area contributed by atoms with Gasteiger partial charge in [0.15, 0.2) is 0 Å². The molecule has 0 aliphatic carbocycles. The topological polar surface area (TPSA) is 61.2 Å². The number of carbonyl (C=O) groups is 1. The first-order chi connectivity index (χ1) is 14.4. The van der Waals surface area contributed by atoms with E-state index in [0.29, 0.717) is 32.8 Å². The maximum absolute atomic E-state index is 13.5. The van der Waals surface area contributed by atoms with Crippen molar-refractivity contribution >= 4 is 51.7 Å². The normalized spacial score (nSPS) is 19.5. The molecule has 4 rings (SSSR count). The van der Waals surface area contributed by atoms with Gasteiger partial charge in [-0.3, -0.25) is 18.9 Å². The maximum atomic E-state index is 13.5. The number of thioether (sulfide) groups is 1. The second kappa shape index (κ2) is 8.49. The molecule has 9 heteroatoms. The van der Waals surface area contributed by atoms with E-state index in [-0.39, 0.29) is 11.5 Å². The Morgan fingerprint density at radius 3 is 2.63 bits per heavy atom. The fourth-order valence-corrected chi connectivity index (χ4v) is 4.97. The Balaban J connectivity index is 1.86. The third-order valence-electron chi connectivity index (χ3n) is 5.38. The maximum Gasteiger partial charge on any atom is 0.267 e. The average Bonchev–Trinajstić information content (AvgIpc) is 2.99. The van der Waals surface area contributed by atoms with Crippen LogP contribution in [0.25, 0.3) is 11.7 Å². The number of nitrogens with zero attached hydrogens (tertiary/aromatic N) is 5. The second-order valence-corrected chi connectivity index (χ2v) is 9.39. The molecule has 2 aliphatic rings. The minimum Gasteiger partial charge on any atom is -0.353 e. The van der Waals surface area contributed by atoms with Gasteiger partial charge in [-0.1, -0.05) is 37.0 Å². The molecule has 0 aromatic carbocycles. The van der Waals surface area contributed by atoms with Gasteiger partial charge in [0.25, 0.3) is 11.5 Å². The molecule has 7 nitrogen and oxygen atoms in total. The lowest BCUT2D eigenvalue weighted by Crippen LogP contribution is -2.45. The predicted octanol–water partition coefficient (Wildman–Crippen LogP) is 2.37. The number of hydrogen-bond donors (Lipinski definition) is 0. The van der Waals surface area contributed by atoms with Crippen molar-refractivity contribution in [2.45, 2.75) is 20.3 Å². The van der Waals surface area contributed by atoms with Crippen molar-refractivity contribution in [2.24, 2.45) is 0 Å². The molecular weight excluding hydrogens is 418 g/mol. The first-order valence-electron chi connectivity index (χ1n) is 10.1. The number of amides is 1. The van der Waals surface area contributed by atoms with Crippen molar-refractivity contribution in [3.63, 3.8) is 0 Å². The minimum atomic E-state index is -0.168. The van der Waals surface area contributed by atoms with E-state index in [9.17, 15) is 9.59 Å². The fourth-order valence-electron chi connectivity index (χ4n) is 3.68. The standard InChI is InChI=1S/C21H25N5O2S2/c1-4-7-25-20(28)16(30-21(25)29)12-15-18(24-10-8-23(3)9-11-24)22-17-6-5-14(2)13-26(17)19(15)27/h5-6,12-13H,4,7-11H2,1-3H3/b16-12-. The van der Waals surface area contributed by atoms with Crippen LogP contribution in [0.5, 0.6) is 0 Å². The van der Waals surface area contributed by atoms with Gasteiger partial charge in [0.2, 0.25) is 0 Å². The molecule has 2 aromatic rings. The molecular formula is C21H25N5O2S2. The highest BCUT2D eigenvalue weighted by molar-refractivity contribution is 8.26. The number of hydrogen-bond acceptors (Lipinski definition) is 7. The number of aromatic nitrogens is 2. The molecule has 2 fully saturated rings.